The van der Waals surface area contributed by atoms with E-state index in [9.17, 15) is 0 Å². The van der Waals surface area contributed by atoms with Gasteiger partial charge in [0, 0.05) is 33.1 Å². The Kier molecular flexibility index (Phi) is 7.86. The molecule has 8 aromatic rings. The molecule has 0 unspecified atom stereocenters. The fourth-order valence-corrected chi connectivity index (χ4v) is 8.10. The van der Waals surface area contributed by atoms with Gasteiger partial charge in [-0.25, -0.2) is 9.98 Å². The molecule has 1 aliphatic rings. The third-order valence-corrected chi connectivity index (χ3v) is 10.7. The van der Waals surface area contributed by atoms with Crippen LogP contribution >= 0.6 is 0 Å². The highest BCUT2D eigenvalue weighted by molar-refractivity contribution is 6.15. The average molecular weight is 682 g/mol. The van der Waals surface area contributed by atoms with E-state index in [0.717, 1.165) is 28.1 Å². The maximum Gasteiger partial charge on any atom is 0.160 e. The summed E-state index contributed by atoms with van der Waals surface area (Å²) in [5.74, 6) is 0.630. The summed E-state index contributed by atoms with van der Waals surface area (Å²) in [5.41, 5.74) is 15.6. The lowest BCUT2D eigenvalue weighted by Gasteiger charge is -2.23. The molecule has 9 rings (SSSR count). The molecule has 0 spiro atoms. The summed E-state index contributed by atoms with van der Waals surface area (Å²) in [4.78, 5) is 10.2. The first-order chi connectivity index (χ1) is 25.9. The molecule has 7 aromatic carbocycles. The van der Waals surface area contributed by atoms with E-state index in [0.29, 0.717) is 11.5 Å². The van der Waals surface area contributed by atoms with E-state index in [1.807, 2.05) is 60.7 Å². The predicted octanol–water partition coefficient (Wildman–Crippen LogP) is 12.7. The van der Waals surface area contributed by atoms with Gasteiger partial charge in [0.1, 0.15) is 0 Å². The molecule has 0 fully saturated rings. The molecule has 0 saturated heterocycles. The van der Waals surface area contributed by atoms with Crippen LogP contribution in [-0.4, -0.2) is 16.1 Å². The minimum absolute atomic E-state index is 0.184. The average Bonchev–Trinajstić information content (AvgIpc) is 3.66. The lowest BCUT2D eigenvalue weighted by molar-refractivity contribution is 0.664. The first kappa shape index (κ1) is 32.3. The van der Waals surface area contributed by atoms with Crippen molar-refractivity contribution in [3.05, 3.63) is 204 Å². The van der Waals surface area contributed by atoms with Crippen molar-refractivity contribution in [2.45, 2.75) is 26.2 Å². The molecule has 254 valence electrons. The highest BCUT2D eigenvalue weighted by atomic mass is 15.0. The van der Waals surface area contributed by atoms with Crippen LogP contribution in [-0.2, 0) is 5.41 Å². The van der Waals surface area contributed by atoms with Gasteiger partial charge in [-0.15, -0.1) is 0 Å². The van der Waals surface area contributed by atoms with Gasteiger partial charge in [0.15, 0.2) is 5.84 Å². The SMILES string of the molecule is C=C(N=C(N=C(C)c1cccc(-n2c3ccc(-c4ccccc4)cc3c3ccc4c(c32)C(C)(C)c2ccccc2-4)c1)c1ccccc1)c1ccccc1. The number of benzene rings is 7. The van der Waals surface area contributed by atoms with Gasteiger partial charge >= 0.3 is 0 Å². The third-order valence-electron chi connectivity index (χ3n) is 10.7. The lowest BCUT2D eigenvalue weighted by Crippen LogP contribution is -2.16. The van der Waals surface area contributed by atoms with Crippen LogP contribution in [0.25, 0.3) is 55.4 Å². The number of hydrogen-bond acceptors (Lipinski definition) is 1. The van der Waals surface area contributed by atoms with Crippen LogP contribution < -0.4 is 0 Å². The highest BCUT2D eigenvalue weighted by Gasteiger charge is 2.38. The van der Waals surface area contributed by atoms with Crippen molar-refractivity contribution in [3.8, 4) is 27.9 Å². The number of aromatic nitrogens is 1. The normalized spacial score (nSPS) is 13.6. The largest absolute Gasteiger partial charge is 0.309 e. The first-order valence-corrected chi connectivity index (χ1v) is 18.2. The quantitative estimate of drug-likeness (QED) is 0.124. The summed E-state index contributed by atoms with van der Waals surface area (Å²) < 4.78 is 2.48. The number of rotatable bonds is 6. The molecule has 1 aliphatic carbocycles. The van der Waals surface area contributed by atoms with E-state index in [2.05, 4.69) is 141 Å². The molecule has 1 heterocycles. The van der Waals surface area contributed by atoms with Crippen molar-refractivity contribution in [2.24, 2.45) is 9.98 Å². The minimum atomic E-state index is -0.184. The molecule has 0 saturated carbocycles. The van der Waals surface area contributed by atoms with Crippen LogP contribution in [0.1, 0.15) is 48.6 Å². The Balaban J connectivity index is 1.25. The molecule has 0 atom stereocenters. The number of amidine groups is 1. The Bertz CT molecular complexity index is 2750. The van der Waals surface area contributed by atoms with Gasteiger partial charge < -0.3 is 4.57 Å². The third kappa shape index (κ3) is 5.53. The fourth-order valence-electron chi connectivity index (χ4n) is 8.10. The zero-order chi connectivity index (χ0) is 36.1. The molecule has 0 bridgehead atoms. The minimum Gasteiger partial charge on any atom is -0.309 e. The Hall–Kier alpha value is -6.58. The molecule has 3 heteroatoms. The summed E-state index contributed by atoms with van der Waals surface area (Å²) in [6.07, 6.45) is 0. The van der Waals surface area contributed by atoms with Crippen LogP contribution in [0.3, 0.4) is 0 Å². The van der Waals surface area contributed by atoms with E-state index in [1.165, 1.54) is 55.2 Å². The summed E-state index contributed by atoms with van der Waals surface area (Å²) in [6, 6.07) is 60.1. The number of hydrogen-bond donors (Lipinski definition) is 0. The molecule has 0 radical (unpaired) electrons. The molecule has 53 heavy (non-hydrogen) atoms. The van der Waals surface area contributed by atoms with E-state index < -0.39 is 0 Å². The number of aliphatic imine (C=N–C) groups is 2. The van der Waals surface area contributed by atoms with Crippen molar-refractivity contribution in [1.29, 1.82) is 0 Å². The van der Waals surface area contributed by atoms with E-state index in [4.69, 9.17) is 9.98 Å². The van der Waals surface area contributed by atoms with Crippen LogP contribution in [0, 0.1) is 0 Å². The number of nitrogens with zero attached hydrogens (tertiary/aromatic N) is 3. The Morgan fingerprint density at radius 1 is 0.547 bits per heavy atom. The monoisotopic (exact) mass is 681 g/mol. The molecular weight excluding hydrogens is 643 g/mol. The van der Waals surface area contributed by atoms with Crippen molar-refractivity contribution in [2.75, 3.05) is 0 Å². The molecule has 3 nitrogen and oxygen atoms in total. The zero-order valence-corrected chi connectivity index (χ0v) is 30.2. The van der Waals surface area contributed by atoms with Gasteiger partial charge in [-0.2, -0.15) is 0 Å². The fraction of sp³-hybridized carbons (Fsp3) is 0.0800. The van der Waals surface area contributed by atoms with E-state index in [-0.39, 0.29) is 5.41 Å². The Morgan fingerprint density at radius 2 is 1.21 bits per heavy atom. The second-order valence-electron chi connectivity index (χ2n) is 14.3. The maximum atomic E-state index is 5.18. The molecule has 0 aliphatic heterocycles. The van der Waals surface area contributed by atoms with Crippen LogP contribution in [0.4, 0.5) is 0 Å². The molecule has 1 aromatic heterocycles. The lowest BCUT2D eigenvalue weighted by atomic mass is 9.81. The highest BCUT2D eigenvalue weighted by Crippen LogP contribution is 2.53. The predicted molar refractivity (Wildman–Crippen MR) is 224 cm³/mol. The van der Waals surface area contributed by atoms with Gasteiger partial charge in [0.25, 0.3) is 0 Å². The standard InChI is InChI=1S/C50H39N3/c1-33(35-17-8-5-9-18-35)51-49(37-21-12-7-13-22-37)52-34(2)38-23-16-24-40(31-38)53-46-30-27-39(36-19-10-6-11-20-36)32-44(46)43-29-28-42-41-25-14-15-26-45(41)50(3,4)47(42)48(43)53/h5-32H,1H2,2-4H3. The summed E-state index contributed by atoms with van der Waals surface area (Å²) in [7, 11) is 0. The second kappa shape index (κ2) is 12.9. The van der Waals surface area contributed by atoms with Crippen LogP contribution in [0.5, 0.6) is 0 Å². The summed E-state index contributed by atoms with van der Waals surface area (Å²) >= 11 is 0. The maximum absolute atomic E-state index is 5.18. The van der Waals surface area contributed by atoms with Gasteiger partial charge in [-0.3, -0.25) is 0 Å². The Morgan fingerprint density at radius 3 is 1.96 bits per heavy atom. The Labute approximate surface area is 311 Å². The van der Waals surface area contributed by atoms with Crippen molar-refractivity contribution in [1.82, 2.24) is 4.57 Å². The van der Waals surface area contributed by atoms with Crippen LogP contribution in [0.2, 0.25) is 0 Å². The van der Waals surface area contributed by atoms with Gasteiger partial charge in [-0.05, 0) is 75.7 Å². The van der Waals surface area contributed by atoms with Gasteiger partial charge in [-0.1, -0.05) is 166 Å². The van der Waals surface area contributed by atoms with Crippen molar-refractivity contribution >= 4 is 39.1 Å². The first-order valence-electron chi connectivity index (χ1n) is 18.2. The van der Waals surface area contributed by atoms with Crippen molar-refractivity contribution < 1.29 is 0 Å². The summed E-state index contributed by atoms with van der Waals surface area (Å²) in [6.45, 7) is 11.1. The second-order valence-corrected chi connectivity index (χ2v) is 14.3. The van der Waals surface area contributed by atoms with Crippen molar-refractivity contribution in [3.63, 3.8) is 0 Å². The van der Waals surface area contributed by atoms with E-state index in [1.54, 1.807) is 0 Å². The smallest absolute Gasteiger partial charge is 0.160 e. The zero-order valence-electron chi connectivity index (χ0n) is 30.2. The van der Waals surface area contributed by atoms with Gasteiger partial charge in [0.2, 0.25) is 0 Å². The summed E-state index contributed by atoms with van der Waals surface area (Å²) in [5, 5.41) is 2.50. The molecular formula is C50H39N3. The molecule has 0 amide bonds. The van der Waals surface area contributed by atoms with E-state index >= 15 is 0 Å². The number of fused-ring (bicyclic) bond motifs is 7. The topological polar surface area (TPSA) is 29.6 Å². The van der Waals surface area contributed by atoms with Gasteiger partial charge in [0.05, 0.1) is 16.7 Å². The molecule has 0 N–H and O–H groups in total. The van der Waals surface area contributed by atoms with Crippen LogP contribution in [0.15, 0.2) is 186 Å².